The average molecular weight is 362 g/mol. The highest BCUT2D eigenvalue weighted by Crippen LogP contribution is 2.43. The lowest BCUT2D eigenvalue weighted by Gasteiger charge is -2.42. The third-order valence-corrected chi connectivity index (χ3v) is 5.53. The lowest BCUT2D eigenvalue weighted by Crippen LogP contribution is -2.48. The zero-order valence-corrected chi connectivity index (χ0v) is 14.5. The molecule has 0 amide bonds. The molecule has 0 spiro atoms. The minimum Gasteiger partial charge on any atom is -0.598 e. The van der Waals surface area contributed by atoms with Crippen molar-refractivity contribution in [2.75, 3.05) is 6.61 Å². The van der Waals surface area contributed by atoms with Gasteiger partial charge in [-0.05, 0) is 31.9 Å². The zero-order chi connectivity index (χ0) is 18.2. The van der Waals surface area contributed by atoms with Gasteiger partial charge in [0.15, 0.2) is 0 Å². The first-order valence-electron chi connectivity index (χ1n) is 7.44. The first-order valence-corrected chi connectivity index (χ1v) is 8.66. The Balaban J connectivity index is 2.51. The highest BCUT2D eigenvalue weighted by Gasteiger charge is 2.46. The van der Waals surface area contributed by atoms with Crippen molar-refractivity contribution in [1.82, 2.24) is 4.98 Å². The van der Waals surface area contributed by atoms with E-state index in [4.69, 9.17) is 9.88 Å². The molecule has 0 radical (unpaired) electrons. The molecular weight excluding hydrogens is 341 g/mol. The van der Waals surface area contributed by atoms with E-state index in [9.17, 15) is 17.7 Å². The van der Waals surface area contributed by atoms with Gasteiger partial charge in [-0.3, -0.25) is 0 Å². The fourth-order valence-corrected chi connectivity index (χ4v) is 3.64. The van der Waals surface area contributed by atoms with Crippen LogP contribution in [0.15, 0.2) is 24.8 Å². The summed E-state index contributed by atoms with van der Waals surface area (Å²) in [4.78, 5) is 3.75. The second-order valence-electron chi connectivity index (χ2n) is 6.69. The van der Waals surface area contributed by atoms with Crippen molar-refractivity contribution in [3.8, 4) is 0 Å². The van der Waals surface area contributed by atoms with Crippen molar-refractivity contribution in [2.45, 2.75) is 49.6 Å². The number of ether oxygens (including phenoxy) is 1. The van der Waals surface area contributed by atoms with Gasteiger partial charge in [0.05, 0.1) is 18.9 Å². The number of fused-ring (bicyclic) bond motifs is 1. The Morgan fingerprint density at radius 3 is 2.67 bits per heavy atom. The van der Waals surface area contributed by atoms with E-state index >= 15 is 0 Å². The Morgan fingerprint density at radius 1 is 1.46 bits per heavy atom. The van der Waals surface area contributed by atoms with Crippen LogP contribution in [0.1, 0.15) is 43.6 Å². The molecule has 2 rings (SSSR count). The smallest absolute Gasteiger partial charge is 0.433 e. The molecule has 2 atom stereocenters. The second-order valence-corrected chi connectivity index (χ2v) is 8.39. The summed E-state index contributed by atoms with van der Waals surface area (Å²) in [6.07, 6.45) is -1.97. The average Bonchev–Trinajstić information content (AvgIpc) is 2.46. The number of halogens is 3. The van der Waals surface area contributed by atoms with E-state index in [0.717, 1.165) is 6.07 Å². The van der Waals surface area contributed by atoms with Crippen LogP contribution in [-0.2, 0) is 34.3 Å². The van der Waals surface area contributed by atoms with Crippen LogP contribution >= 0.6 is 0 Å². The van der Waals surface area contributed by atoms with E-state index in [2.05, 4.69) is 11.6 Å². The molecule has 0 aliphatic carbocycles. The number of hydrogen-bond acceptors (Lipinski definition) is 4. The van der Waals surface area contributed by atoms with Crippen LogP contribution in [0, 0.1) is 0 Å². The second kappa shape index (κ2) is 6.67. The summed E-state index contributed by atoms with van der Waals surface area (Å²) in [6.45, 7) is 7.58. The normalized spacial score (nSPS) is 22.8. The van der Waals surface area contributed by atoms with Gasteiger partial charge in [0.1, 0.15) is 10.4 Å². The van der Waals surface area contributed by atoms with E-state index in [1.165, 1.54) is 6.07 Å². The minimum absolute atomic E-state index is 0.0181. The Morgan fingerprint density at radius 2 is 2.12 bits per heavy atom. The van der Waals surface area contributed by atoms with Crippen LogP contribution in [0.3, 0.4) is 0 Å². The standard InChI is InChI=1S/C16H21F3N2O2S/c1-4-7-15(9-14(2,3)24(20)22)10-23-8-12-11(15)5-6-13(21-12)16(17,18)19/h4-6H,1,7-10,20H2,2-3H3. The van der Waals surface area contributed by atoms with Gasteiger partial charge in [-0.25, -0.2) is 4.98 Å². The summed E-state index contributed by atoms with van der Waals surface area (Å²) in [5.74, 6) is 0. The maximum absolute atomic E-state index is 12.9. The molecule has 2 N–H and O–H groups in total. The largest absolute Gasteiger partial charge is 0.598 e. The van der Waals surface area contributed by atoms with E-state index in [-0.39, 0.29) is 12.3 Å². The van der Waals surface area contributed by atoms with Crippen LogP contribution in [0.5, 0.6) is 0 Å². The summed E-state index contributed by atoms with van der Waals surface area (Å²) in [5.41, 5.74) is -0.650. The zero-order valence-electron chi connectivity index (χ0n) is 13.7. The molecule has 24 heavy (non-hydrogen) atoms. The third kappa shape index (κ3) is 3.77. The molecule has 1 aliphatic rings. The number of nitrogens with two attached hydrogens (primary N) is 1. The number of pyridine rings is 1. The number of aromatic nitrogens is 1. The molecule has 8 heteroatoms. The van der Waals surface area contributed by atoms with Crippen molar-refractivity contribution >= 4 is 11.4 Å². The van der Waals surface area contributed by atoms with E-state index in [1.807, 2.05) is 0 Å². The lowest BCUT2D eigenvalue weighted by molar-refractivity contribution is -0.141. The van der Waals surface area contributed by atoms with Gasteiger partial charge < -0.3 is 9.29 Å². The summed E-state index contributed by atoms with van der Waals surface area (Å²) >= 11 is -1.59. The molecule has 0 fully saturated rings. The fourth-order valence-electron chi connectivity index (χ4n) is 3.22. The first-order chi connectivity index (χ1) is 11.0. The monoisotopic (exact) mass is 362 g/mol. The predicted octanol–water partition coefficient (Wildman–Crippen LogP) is 3.24. The van der Waals surface area contributed by atoms with Gasteiger partial charge in [0.25, 0.3) is 0 Å². The number of rotatable bonds is 5. The molecule has 2 heterocycles. The SMILES string of the molecule is C=CCC1(CC(C)(C)[S+](N)[O-])COCc2nc(C(F)(F)F)ccc21. The maximum Gasteiger partial charge on any atom is 0.433 e. The summed E-state index contributed by atoms with van der Waals surface area (Å²) < 4.78 is 55.3. The number of hydrogen-bond donors (Lipinski definition) is 1. The molecule has 0 saturated carbocycles. The van der Waals surface area contributed by atoms with Crippen LogP contribution in [-0.4, -0.2) is 20.9 Å². The van der Waals surface area contributed by atoms with Gasteiger partial charge in [-0.15, -0.1) is 6.58 Å². The molecule has 1 aromatic heterocycles. The van der Waals surface area contributed by atoms with E-state index < -0.39 is 33.4 Å². The van der Waals surface area contributed by atoms with Crippen LogP contribution in [0.25, 0.3) is 0 Å². The maximum atomic E-state index is 12.9. The van der Waals surface area contributed by atoms with Crippen LogP contribution < -0.4 is 5.14 Å². The first kappa shape index (κ1) is 19.2. The molecule has 0 bridgehead atoms. The van der Waals surface area contributed by atoms with Crippen LogP contribution in [0.2, 0.25) is 0 Å². The highest BCUT2D eigenvalue weighted by atomic mass is 32.2. The van der Waals surface area contributed by atoms with E-state index in [1.54, 1.807) is 19.9 Å². The lowest BCUT2D eigenvalue weighted by atomic mass is 9.70. The Labute approximate surface area is 142 Å². The third-order valence-electron chi connectivity index (χ3n) is 4.30. The van der Waals surface area contributed by atoms with Gasteiger partial charge in [0, 0.05) is 23.2 Å². The van der Waals surface area contributed by atoms with Gasteiger partial charge in [-0.1, -0.05) is 12.1 Å². The molecule has 2 unspecified atom stereocenters. The van der Waals surface area contributed by atoms with Crippen molar-refractivity contribution in [3.63, 3.8) is 0 Å². The molecule has 1 aromatic rings. The van der Waals surface area contributed by atoms with Gasteiger partial charge in [0.2, 0.25) is 0 Å². The summed E-state index contributed by atoms with van der Waals surface area (Å²) in [6, 6.07) is 2.43. The minimum atomic E-state index is -4.51. The molecule has 1 aliphatic heterocycles. The van der Waals surface area contributed by atoms with Gasteiger partial charge in [-0.2, -0.15) is 18.3 Å². The molecule has 0 aromatic carbocycles. The number of nitrogens with zero attached hydrogens (tertiary/aromatic N) is 1. The number of alkyl halides is 3. The predicted molar refractivity (Wildman–Crippen MR) is 86.4 cm³/mol. The van der Waals surface area contributed by atoms with Crippen molar-refractivity contribution in [3.05, 3.63) is 41.7 Å². The topological polar surface area (TPSA) is 71.2 Å². The van der Waals surface area contributed by atoms with Crippen molar-refractivity contribution in [1.29, 1.82) is 0 Å². The quantitative estimate of drug-likeness (QED) is 0.645. The van der Waals surface area contributed by atoms with Crippen molar-refractivity contribution in [2.24, 2.45) is 5.14 Å². The summed E-state index contributed by atoms with van der Waals surface area (Å²) in [7, 11) is 0. The molecular formula is C16H21F3N2O2S. The van der Waals surface area contributed by atoms with E-state index in [0.29, 0.717) is 25.0 Å². The highest BCUT2D eigenvalue weighted by molar-refractivity contribution is 7.90. The molecule has 0 saturated heterocycles. The molecule has 4 nitrogen and oxygen atoms in total. The van der Waals surface area contributed by atoms with Crippen molar-refractivity contribution < 1.29 is 22.5 Å². The number of allylic oxidation sites excluding steroid dienone is 1. The van der Waals surface area contributed by atoms with Crippen LogP contribution in [0.4, 0.5) is 13.2 Å². The van der Waals surface area contributed by atoms with Gasteiger partial charge >= 0.3 is 6.18 Å². The summed E-state index contributed by atoms with van der Waals surface area (Å²) in [5, 5.41) is 5.58. The fraction of sp³-hybridized carbons (Fsp3) is 0.562. The Hall–Kier alpha value is -1.09. The Bertz CT molecular complexity index is 620. The Kier molecular flexibility index (Phi) is 5.34. The molecule has 134 valence electrons.